The Labute approximate surface area is 79.3 Å². The van der Waals surface area contributed by atoms with Crippen LogP contribution in [0.3, 0.4) is 0 Å². The van der Waals surface area contributed by atoms with E-state index in [1.165, 1.54) is 6.42 Å². The van der Waals surface area contributed by atoms with Gasteiger partial charge < -0.3 is 10.6 Å². The maximum atomic E-state index is 11.4. The third-order valence-electron chi connectivity index (χ3n) is 3.09. The summed E-state index contributed by atoms with van der Waals surface area (Å²) in [5, 5.41) is 6.38. The van der Waals surface area contributed by atoms with Crippen molar-refractivity contribution in [2.75, 3.05) is 19.6 Å². The molecular formula is C10H18N2O. The van der Waals surface area contributed by atoms with Gasteiger partial charge in [0, 0.05) is 19.0 Å². The Morgan fingerprint density at radius 2 is 2.38 bits per heavy atom. The monoisotopic (exact) mass is 182 g/mol. The molecule has 2 fully saturated rings. The van der Waals surface area contributed by atoms with Crippen LogP contribution < -0.4 is 10.6 Å². The summed E-state index contributed by atoms with van der Waals surface area (Å²) in [6.45, 7) is 5.21. The van der Waals surface area contributed by atoms with Crippen LogP contribution in [0.15, 0.2) is 0 Å². The van der Waals surface area contributed by atoms with Crippen molar-refractivity contribution in [1.82, 2.24) is 10.6 Å². The first-order chi connectivity index (χ1) is 6.20. The molecule has 0 bridgehead atoms. The average Bonchev–Trinajstić information content (AvgIpc) is 2.87. The predicted molar refractivity (Wildman–Crippen MR) is 51.3 cm³/mol. The van der Waals surface area contributed by atoms with Gasteiger partial charge in [0.05, 0.1) is 0 Å². The van der Waals surface area contributed by atoms with Gasteiger partial charge >= 0.3 is 0 Å². The quantitative estimate of drug-likeness (QED) is 0.668. The molecule has 1 aliphatic heterocycles. The van der Waals surface area contributed by atoms with Crippen molar-refractivity contribution >= 4 is 5.91 Å². The maximum Gasteiger partial charge on any atom is 0.223 e. The summed E-state index contributed by atoms with van der Waals surface area (Å²) in [7, 11) is 0. The highest BCUT2D eigenvalue weighted by atomic mass is 16.2. The summed E-state index contributed by atoms with van der Waals surface area (Å²) in [5.41, 5.74) is 0.296. The summed E-state index contributed by atoms with van der Waals surface area (Å²) >= 11 is 0. The molecule has 1 saturated heterocycles. The summed E-state index contributed by atoms with van der Waals surface area (Å²) in [6, 6.07) is 0. The molecule has 3 nitrogen and oxygen atoms in total. The van der Waals surface area contributed by atoms with E-state index in [-0.39, 0.29) is 5.91 Å². The van der Waals surface area contributed by atoms with Gasteiger partial charge in [-0.05, 0) is 31.2 Å². The smallest absolute Gasteiger partial charge is 0.223 e. The fraction of sp³-hybridized carbons (Fsp3) is 0.900. The molecule has 74 valence electrons. The molecule has 0 spiro atoms. The van der Waals surface area contributed by atoms with E-state index in [0.29, 0.717) is 11.3 Å². The van der Waals surface area contributed by atoms with Crippen molar-refractivity contribution < 1.29 is 4.79 Å². The van der Waals surface area contributed by atoms with Crippen LogP contribution in [0.5, 0.6) is 0 Å². The molecule has 1 saturated carbocycles. The summed E-state index contributed by atoms with van der Waals surface area (Å²) < 4.78 is 0. The highest BCUT2D eigenvalue weighted by molar-refractivity contribution is 5.80. The Kier molecular flexibility index (Phi) is 2.28. The molecule has 2 rings (SSSR count). The number of hydrogen-bond acceptors (Lipinski definition) is 2. The molecule has 1 unspecified atom stereocenters. The predicted octanol–water partition coefficient (Wildman–Crippen LogP) is 0.512. The molecule has 0 aromatic carbocycles. The summed E-state index contributed by atoms with van der Waals surface area (Å²) in [4.78, 5) is 11.4. The number of carbonyl (C=O) groups excluding carboxylic acids is 1. The lowest BCUT2D eigenvalue weighted by molar-refractivity contribution is -0.122. The normalized spacial score (nSPS) is 33.3. The van der Waals surface area contributed by atoms with E-state index in [1.807, 2.05) is 0 Å². The van der Waals surface area contributed by atoms with Gasteiger partial charge in [-0.2, -0.15) is 0 Å². The van der Waals surface area contributed by atoms with Gasteiger partial charge in [0.2, 0.25) is 5.91 Å². The van der Waals surface area contributed by atoms with Crippen molar-refractivity contribution in [3.8, 4) is 0 Å². The van der Waals surface area contributed by atoms with Gasteiger partial charge in [0.1, 0.15) is 0 Å². The molecular weight excluding hydrogens is 164 g/mol. The molecule has 0 aromatic heterocycles. The fourth-order valence-corrected chi connectivity index (χ4v) is 1.81. The molecule has 2 aliphatic rings. The Morgan fingerprint density at radius 3 is 2.92 bits per heavy atom. The van der Waals surface area contributed by atoms with Gasteiger partial charge in [0.15, 0.2) is 0 Å². The first-order valence-corrected chi connectivity index (χ1v) is 5.18. The Hall–Kier alpha value is -0.570. The Morgan fingerprint density at radius 1 is 1.62 bits per heavy atom. The number of carbonyl (C=O) groups is 1. The van der Waals surface area contributed by atoms with Crippen molar-refractivity contribution in [3.05, 3.63) is 0 Å². The highest BCUT2D eigenvalue weighted by Crippen LogP contribution is 2.29. The van der Waals surface area contributed by atoms with E-state index in [9.17, 15) is 4.79 Å². The van der Waals surface area contributed by atoms with Crippen LogP contribution in [-0.4, -0.2) is 25.5 Å². The van der Waals surface area contributed by atoms with Gasteiger partial charge in [-0.15, -0.1) is 0 Å². The molecule has 1 atom stereocenters. The van der Waals surface area contributed by atoms with Crippen LogP contribution in [-0.2, 0) is 4.79 Å². The summed E-state index contributed by atoms with van der Waals surface area (Å²) in [5.74, 6) is 0.617. The average molecular weight is 182 g/mol. The largest absolute Gasteiger partial charge is 0.355 e. The topological polar surface area (TPSA) is 41.1 Å². The van der Waals surface area contributed by atoms with Gasteiger partial charge in [-0.1, -0.05) is 6.92 Å². The molecule has 2 N–H and O–H groups in total. The van der Waals surface area contributed by atoms with Crippen LogP contribution in [0.25, 0.3) is 0 Å². The minimum atomic E-state index is 0.271. The molecule has 1 amide bonds. The van der Waals surface area contributed by atoms with E-state index < -0.39 is 0 Å². The Balaban J connectivity index is 1.74. The fourth-order valence-electron chi connectivity index (χ4n) is 1.81. The molecule has 13 heavy (non-hydrogen) atoms. The van der Waals surface area contributed by atoms with Gasteiger partial charge in [0.25, 0.3) is 0 Å². The van der Waals surface area contributed by atoms with Crippen LogP contribution in [0.2, 0.25) is 0 Å². The Bertz CT molecular complexity index is 205. The van der Waals surface area contributed by atoms with Crippen LogP contribution in [0.4, 0.5) is 0 Å². The zero-order chi connectivity index (χ0) is 9.31. The first-order valence-electron chi connectivity index (χ1n) is 5.18. The van der Waals surface area contributed by atoms with E-state index in [4.69, 9.17) is 0 Å². The lowest BCUT2D eigenvalue weighted by Crippen LogP contribution is -2.37. The molecule has 0 radical (unpaired) electrons. The third kappa shape index (κ3) is 2.21. The summed E-state index contributed by atoms with van der Waals surface area (Å²) in [6.07, 6.45) is 3.37. The van der Waals surface area contributed by atoms with Gasteiger partial charge in [-0.3, -0.25) is 4.79 Å². The van der Waals surface area contributed by atoms with Crippen LogP contribution in [0, 0.1) is 11.3 Å². The van der Waals surface area contributed by atoms with E-state index in [0.717, 1.165) is 32.5 Å². The number of nitrogens with one attached hydrogen (secondary N) is 2. The van der Waals surface area contributed by atoms with Crippen LogP contribution in [0.1, 0.15) is 26.2 Å². The first kappa shape index (κ1) is 9.00. The lowest BCUT2D eigenvalue weighted by Gasteiger charge is -2.22. The standard InChI is InChI=1S/C10H18N2O/c1-10(4-5-11-6-10)7-12-9(13)8-2-3-8/h8,11H,2-7H2,1H3,(H,12,13). The number of rotatable bonds is 3. The molecule has 3 heteroatoms. The van der Waals surface area contributed by atoms with Crippen molar-refractivity contribution in [2.24, 2.45) is 11.3 Å². The van der Waals surface area contributed by atoms with E-state index in [1.54, 1.807) is 0 Å². The minimum absolute atomic E-state index is 0.271. The second kappa shape index (κ2) is 3.29. The zero-order valence-electron chi connectivity index (χ0n) is 8.23. The second-order valence-corrected chi connectivity index (χ2v) is 4.73. The van der Waals surface area contributed by atoms with E-state index >= 15 is 0 Å². The molecule has 1 heterocycles. The van der Waals surface area contributed by atoms with Crippen molar-refractivity contribution in [2.45, 2.75) is 26.2 Å². The van der Waals surface area contributed by atoms with Crippen LogP contribution >= 0.6 is 0 Å². The van der Waals surface area contributed by atoms with Crippen molar-refractivity contribution in [1.29, 1.82) is 0 Å². The lowest BCUT2D eigenvalue weighted by atomic mass is 9.90. The molecule has 1 aliphatic carbocycles. The number of amides is 1. The van der Waals surface area contributed by atoms with E-state index in [2.05, 4.69) is 17.6 Å². The van der Waals surface area contributed by atoms with Crippen molar-refractivity contribution in [3.63, 3.8) is 0 Å². The maximum absolute atomic E-state index is 11.4. The minimum Gasteiger partial charge on any atom is -0.355 e. The zero-order valence-corrected chi connectivity index (χ0v) is 8.23. The second-order valence-electron chi connectivity index (χ2n) is 4.73. The number of hydrogen-bond donors (Lipinski definition) is 2. The molecule has 0 aromatic rings. The highest BCUT2D eigenvalue weighted by Gasteiger charge is 2.33. The third-order valence-corrected chi connectivity index (χ3v) is 3.09. The van der Waals surface area contributed by atoms with Gasteiger partial charge in [-0.25, -0.2) is 0 Å². The SMILES string of the molecule is CC1(CNC(=O)C2CC2)CCNC1.